The van der Waals surface area contributed by atoms with Crippen LogP contribution >= 0.6 is 12.6 Å². The molecule has 1 rings (SSSR count). The highest BCUT2D eigenvalue weighted by Gasteiger charge is 2.12. The fourth-order valence-electron chi connectivity index (χ4n) is 1.00. The van der Waals surface area contributed by atoms with E-state index in [1.807, 2.05) is 6.92 Å². The van der Waals surface area contributed by atoms with E-state index in [0.717, 1.165) is 10.5 Å². The Bertz CT molecular complexity index is 350. The third-order valence-corrected chi connectivity index (χ3v) is 2.38. The van der Waals surface area contributed by atoms with Crippen LogP contribution in [0, 0.1) is 6.92 Å². The van der Waals surface area contributed by atoms with Crippen LogP contribution in [0.25, 0.3) is 0 Å². The van der Waals surface area contributed by atoms with Crippen molar-refractivity contribution < 1.29 is 9.53 Å². The van der Waals surface area contributed by atoms with Crippen LogP contribution in [-0.2, 0) is 4.74 Å². The normalized spacial score (nSPS) is 9.77. The van der Waals surface area contributed by atoms with Gasteiger partial charge in [-0.05, 0) is 24.6 Å². The molecule has 1 aromatic carbocycles. The lowest BCUT2D eigenvalue weighted by Gasteiger charge is -2.07. The quantitative estimate of drug-likeness (QED) is 0.409. The fraction of sp³-hybridized carbons (Fsp3) is 0.222. The molecule has 0 aliphatic carbocycles. The van der Waals surface area contributed by atoms with Crippen LogP contribution in [0.1, 0.15) is 15.9 Å². The molecule has 13 heavy (non-hydrogen) atoms. The Labute approximate surface area is 82.3 Å². The summed E-state index contributed by atoms with van der Waals surface area (Å²) in [5, 5.41) is 0. The number of carbonyl (C=O) groups excluding carboxylic acids is 1. The number of rotatable bonds is 1. The Morgan fingerprint density at radius 3 is 2.69 bits per heavy atom. The van der Waals surface area contributed by atoms with Crippen LogP contribution in [0.4, 0.5) is 5.69 Å². The van der Waals surface area contributed by atoms with Gasteiger partial charge in [-0.3, -0.25) is 0 Å². The molecule has 3 nitrogen and oxygen atoms in total. The van der Waals surface area contributed by atoms with Gasteiger partial charge in [0.2, 0.25) is 0 Å². The number of nitrogens with two attached hydrogens (primary N) is 1. The summed E-state index contributed by atoms with van der Waals surface area (Å²) in [6, 6.07) is 3.33. The average Bonchev–Trinajstić information content (AvgIpc) is 2.13. The monoisotopic (exact) mass is 197 g/mol. The molecule has 0 aromatic heterocycles. The zero-order chi connectivity index (χ0) is 10.0. The van der Waals surface area contributed by atoms with E-state index in [0.29, 0.717) is 11.3 Å². The van der Waals surface area contributed by atoms with Crippen molar-refractivity contribution in [2.24, 2.45) is 0 Å². The minimum absolute atomic E-state index is 0.387. The number of methoxy groups -OCH3 is 1. The number of nitrogen functional groups attached to an aromatic ring is 1. The standard InChI is InChI=1S/C9H11NO2S/c1-5-7(13)4-3-6(8(5)10)9(11)12-2/h3-4,13H,10H2,1-2H3. The average molecular weight is 197 g/mol. The molecule has 4 heteroatoms. The Morgan fingerprint density at radius 2 is 2.15 bits per heavy atom. The van der Waals surface area contributed by atoms with Crippen molar-refractivity contribution in [1.29, 1.82) is 0 Å². The SMILES string of the molecule is COC(=O)c1ccc(S)c(C)c1N. The van der Waals surface area contributed by atoms with Crippen molar-refractivity contribution in [3.05, 3.63) is 23.3 Å². The van der Waals surface area contributed by atoms with Crippen LogP contribution in [0.3, 0.4) is 0 Å². The maximum atomic E-state index is 11.2. The first-order valence-electron chi connectivity index (χ1n) is 3.74. The largest absolute Gasteiger partial charge is 0.465 e. The molecule has 0 amide bonds. The van der Waals surface area contributed by atoms with Crippen molar-refractivity contribution >= 4 is 24.3 Å². The highest BCUT2D eigenvalue weighted by molar-refractivity contribution is 7.80. The van der Waals surface area contributed by atoms with Gasteiger partial charge >= 0.3 is 5.97 Å². The molecule has 0 aliphatic rings. The topological polar surface area (TPSA) is 52.3 Å². The number of hydrogen-bond acceptors (Lipinski definition) is 4. The lowest BCUT2D eigenvalue weighted by Crippen LogP contribution is -2.07. The summed E-state index contributed by atoms with van der Waals surface area (Å²) >= 11 is 4.18. The lowest BCUT2D eigenvalue weighted by atomic mass is 10.1. The van der Waals surface area contributed by atoms with Gasteiger partial charge in [0.25, 0.3) is 0 Å². The molecule has 0 fully saturated rings. The highest BCUT2D eigenvalue weighted by Crippen LogP contribution is 2.23. The molecule has 0 unspecified atom stereocenters. The molecular weight excluding hydrogens is 186 g/mol. The van der Waals surface area contributed by atoms with Crippen molar-refractivity contribution in [1.82, 2.24) is 0 Å². The van der Waals surface area contributed by atoms with E-state index < -0.39 is 5.97 Å². The number of esters is 1. The van der Waals surface area contributed by atoms with Gasteiger partial charge in [-0.2, -0.15) is 0 Å². The van der Waals surface area contributed by atoms with Crippen molar-refractivity contribution in [3.63, 3.8) is 0 Å². The molecule has 0 atom stereocenters. The van der Waals surface area contributed by atoms with Crippen LogP contribution in [0.2, 0.25) is 0 Å². The Balaban J connectivity index is 3.26. The zero-order valence-corrected chi connectivity index (χ0v) is 8.39. The molecule has 0 saturated heterocycles. The van der Waals surface area contributed by atoms with E-state index in [4.69, 9.17) is 5.73 Å². The molecule has 0 spiro atoms. The first kappa shape index (κ1) is 9.92. The third kappa shape index (κ3) is 1.78. The molecule has 1 aromatic rings. The number of ether oxygens (including phenoxy) is 1. The summed E-state index contributed by atoms with van der Waals surface area (Å²) in [6.45, 7) is 1.81. The van der Waals surface area contributed by atoms with Gasteiger partial charge in [-0.15, -0.1) is 12.6 Å². The molecule has 0 heterocycles. The van der Waals surface area contributed by atoms with Crippen molar-refractivity contribution in [2.45, 2.75) is 11.8 Å². The molecule has 0 bridgehead atoms. The molecule has 0 aliphatic heterocycles. The van der Waals surface area contributed by atoms with Gasteiger partial charge in [-0.1, -0.05) is 0 Å². The molecule has 2 N–H and O–H groups in total. The van der Waals surface area contributed by atoms with Gasteiger partial charge in [0.15, 0.2) is 0 Å². The molecule has 70 valence electrons. The first-order valence-corrected chi connectivity index (χ1v) is 4.19. The molecule has 0 radical (unpaired) electrons. The van der Waals surface area contributed by atoms with Crippen LogP contribution in [0.15, 0.2) is 17.0 Å². The summed E-state index contributed by atoms with van der Waals surface area (Å²) in [5.74, 6) is -0.422. The second-order valence-corrected chi connectivity index (χ2v) is 3.14. The molecular formula is C9H11NO2S. The first-order chi connectivity index (χ1) is 6.07. The number of thiol groups is 1. The fourth-order valence-corrected chi connectivity index (χ4v) is 1.20. The third-order valence-electron chi connectivity index (χ3n) is 1.89. The predicted octanol–water partition coefficient (Wildman–Crippen LogP) is 1.65. The summed E-state index contributed by atoms with van der Waals surface area (Å²) < 4.78 is 4.57. The smallest absolute Gasteiger partial charge is 0.339 e. The number of benzene rings is 1. The van der Waals surface area contributed by atoms with E-state index in [1.165, 1.54) is 7.11 Å². The van der Waals surface area contributed by atoms with Gasteiger partial charge in [0.1, 0.15) is 0 Å². The van der Waals surface area contributed by atoms with Crippen LogP contribution in [-0.4, -0.2) is 13.1 Å². The number of carbonyl (C=O) groups is 1. The summed E-state index contributed by atoms with van der Waals surface area (Å²) in [6.07, 6.45) is 0. The van der Waals surface area contributed by atoms with Crippen LogP contribution < -0.4 is 5.73 Å². The van der Waals surface area contributed by atoms with Gasteiger partial charge < -0.3 is 10.5 Å². The Morgan fingerprint density at radius 1 is 1.54 bits per heavy atom. The second-order valence-electron chi connectivity index (χ2n) is 2.66. The Kier molecular flexibility index (Phi) is 2.83. The summed E-state index contributed by atoms with van der Waals surface area (Å²) in [4.78, 5) is 11.9. The second kappa shape index (κ2) is 3.70. The minimum atomic E-state index is -0.422. The number of anilines is 1. The van der Waals surface area contributed by atoms with Crippen molar-refractivity contribution in [3.8, 4) is 0 Å². The number of hydrogen-bond donors (Lipinski definition) is 2. The molecule has 0 saturated carbocycles. The van der Waals surface area contributed by atoms with E-state index in [2.05, 4.69) is 17.4 Å². The van der Waals surface area contributed by atoms with Gasteiger partial charge in [0.05, 0.1) is 18.4 Å². The van der Waals surface area contributed by atoms with E-state index in [1.54, 1.807) is 12.1 Å². The van der Waals surface area contributed by atoms with E-state index in [9.17, 15) is 4.79 Å². The van der Waals surface area contributed by atoms with Crippen LogP contribution in [0.5, 0.6) is 0 Å². The zero-order valence-electron chi connectivity index (χ0n) is 7.50. The summed E-state index contributed by atoms with van der Waals surface area (Å²) in [7, 11) is 1.33. The van der Waals surface area contributed by atoms with E-state index in [-0.39, 0.29) is 0 Å². The van der Waals surface area contributed by atoms with Gasteiger partial charge in [-0.25, -0.2) is 4.79 Å². The summed E-state index contributed by atoms with van der Waals surface area (Å²) in [5.41, 5.74) is 7.32. The predicted molar refractivity (Wildman–Crippen MR) is 54.2 cm³/mol. The maximum absolute atomic E-state index is 11.2. The Hall–Kier alpha value is -1.16. The maximum Gasteiger partial charge on any atom is 0.339 e. The minimum Gasteiger partial charge on any atom is -0.465 e. The van der Waals surface area contributed by atoms with E-state index >= 15 is 0 Å². The lowest BCUT2D eigenvalue weighted by molar-refractivity contribution is 0.0602. The van der Waals surface area contributed by atoms with Crippen molar-refractivity contribution in [2.75, 3.05) is 12.8 Å². The van der Waals surface area contributed by atoms with Gasteiger partial charge in [0, 0.05) is 4.90 Å². The highest BCUT2D eigenvalue weighted by atomic mass is 32.1.